The molecule has 4 aromatic rings. The van der Waals surface area contributed by atoms with E-state index in [4.69, 9.17) is 8.94 Å². The summed E-state index contributed by atoms with van der Waals surface area (Å²) in [6.07, 6.45) is 0. The molecule has 0 aliphatic heterocycles. The molecule has 168 valence electrons. The van der Waals surface area contributed by atoms with Gasteiger partial charge in [0.25, 0.3) is 0 Å². The fourth-order valence-electron chi connectivity index (χ4n) is 3.36. The second-order valence-corrected chi connectivity index (χ2v) is 9.98. The molecule has 0 aliphatic rings. The molecule has 0 saturated carbocycles. The van der Waals surface area contributed by atoms with Crippen LogP contribution < -0.4 is 4.72 Å². The van der Waals surface area contributed by atoms with Crippen LogP contribution in [0.4, 0.5) is 0 Å². The molecule has 2 N–H and O–H groups in total. The Kier molecular flexibility index (Phi) is 5.51. The van der Waals surface area contributed by atoms with Gasteiger partial charge in [-0.15, -0.1) is 0 Å². The zero-order valence-electron chi connectivity index (χ0n) is 18.0. The van der Waals surface area contributed by atoms with E-state index in [1.54, 1.807) is 32.0 Å². The summed E-state index contributed by atoms with van der Waals surface area (Å²) in [6, 6.07) is 8.65. The maximum Gasteiger partial charge on any atom is 0.322 e. The smallest absolute Gasteiger partial charge is 0.322 e. The van der Waals surface area contributed by atoms with Crippen LogP contribution in [0, 0.1) is 5.92 Å². The first-order chi connectivity index (χ1) is 15.1. The molecule has 0 radical (unpaired) electrons. The molecule has 0 amide bonds. The Morgan fingerprint density at radius 3 is 2.41 bits per heavy atom. The van der Waals surface area contributed by atoms with E-state index in [-0.39, 0.29) is 10.8 Å². The van der Waals surface area contributed by atoms with Crippen LogP contribution >= 0.6 is 0 Å². The Morgan fingerprint density at radius 2 is 1.78 bits per heavy atom. The number of nitrogens with zero attached hydrogens (tertiary/aromatic N) is 2. The predicted octanol–water partition coefficient (Wildman–Crippen LogP) is 4.15. The summed E-state index contributed by atoms with van der Waals surface area (Å²) < 4.78 is 38.9. The number of carboxylic acids is 1. The van der Waals surface area contributed by atoms with Crippen molar-refractivity contribution in [3.8, 4) is 11.4 Å². The van der Waals surface area contributed by atoms with Crippen molar-refractivity contribution in [2.24, 2.45) is 5.92 Å². The summed E-state index contributed by atoms with van der Waals surface area (Å²) in [4.78, 5) is 15.7. The number of nitrogens with one attached hydrogen (secondary N) is 1. The number of aliphatic carboxylic acids is 1. The minimum absolute atomic E-state index is 0.0732. The highest BCUT2D eigenvalue weighted by Gasteiger charge is 2.28. The molecule has 1 atom stereocenters. The highest BCUT2D eigenvalue weighted by molar-refractivity contribution is 7.89. The van der Waals surface area contributed by atoms with Gasteiger partial charge in [0, 0.05) is 28.3 Å². The highest BCUT2D eigenvalue weighted by atomic mass is 32.2. The van der Waals surface area contributed by atoms with Crippen molar-refractivity contribution in [3.63, 3.8) is 0 Å². The van der Waals surface area contributed by atoms with Crippen molar-refractivity contribution in [1.82, 2.24) is 14.9 Å². The van der Waals surface area contributed by atoms with E-state index in [0.717, 1.165) is 10.9 Å². The lowest BCUT2D eigenvalue weighted by molar-refractivity contribution is -0.140. The van der Waals surface area contributed by atoms with E-state index >= 15 is 0 Å². The van der Waals surface area contributed by atoms with Gasteiger partial charge in [-0.2, -0.15) is 9.71 Å². The topological polar surface area (TPSA) is 136 Å². The molecule has 0 saturated heterocycles. The molecule has 0 spiro atoms. The number of fused-ring (bicyclic) bond motifs is 3. The summed E-state index contributed by atoms with van der Waals surface area (Å²) in [6.45, 7) is 7.19. The van der Waals surface area contributed by atoms with E-state index in [1.165, 1.54) is 12.1 Å². The standard InChI is InChI=1S/C22H23N3O6S/c1-11(2)19(22(26)27)25-32(28,29)14-6-7-15-16-9-13(5-8-17(16)30-18(15)10-14)20-23-21(12(3)4)31-24-20/h5-12,19,25H,1-4H3,(H,26,27)/t19-/m0/s1. The summed E-state index contributed by atoms with van der Waals surface area (Å²) in [5.74, 6) is -0.539. The molecule has 0 bridgehead atoms. The number of hydrogen-bond acceptors (Lipinski definition) is 7. The zero-order valence-corrected chi connectivity index (χ0v) is 18.8. The number of carboxylic acid groups (broad SMARTS) is 1. The van der Waals surface area contributed by atoms with Crippen LogP contribution in [0.5, 0.6) is 0 Å². The molecule has 4 rings (SSSR count). The van der Waals surface area contributed by atoms with Crippen LogP contribution in [-0.4, -0.2) is 35.7 Å². The molecule has 0 unspecified atom stereocenters. The molecule has 9 nitrogen and oxygen atoms in total. The van der Waals surface area contributed by atoms with Gasteiger partial charge in [0.05, 0.1) is 4.90 Å². The first kappa shape index (κ1) is 22.0. The van der Waals surface area contributed by atoms with E-state index in [0.29, 0.717) is 28.3 Å². The molecule has 32 heavy (non-hydrogen) atoms. The van der Waals surface area contributed by atoms with Gasteiger partial charge in [0.2, 0.25) is 21.7 Å². The third kappa shape index (κ3) is 3.98. The molecular formula is C22H23N3O6S. The number of sulfonamides is 1. The second-order valence-electron chi connectivity index (χ2n) is 8.26. The molecular weight excluding hydrogens is 434 g/mol. The van der Waals surface area contributed by atoms with Gasteiger partial charge in [0.1, 0.15) is 17.2 Å². The van der Waals surface area contributed by atoms with Gasteiger partial charge in [-0.05, 0) is 36.2 Å². The molecule has 2 aromatic heterocycles. The Morgan fingerprint density at radius 1 is 1.03 bits per heavy atom. The fraction of sp³-hybridized carbons (Fsp3) is 0.318. The summed E-state index contributed by atoms with van der Waals surface area (Å²) in [5, 5.41) is 14.8. The average Bonchev–Trinajstić information content (AvgIpc) is 3.35. The number of benzene rings is 2. The van der Waals surface area contributed by atoms with Crippen molar-refractivity contribution in [2.75, 3.05) is 0 Å². The Bertz CT molecular complexity index is 1420. The Labute approximate surface area is 184 Å². The zero-order chi connectivity index (χ0) is 23.2. The molecule has 0 aliphatic carbocycles. The Balaban J connectivity index is 1.73. The number of aromatic nitrogens is 2. The van der Waals surface area contributed by atoms with Gasteiger partial charge >= 0.3 is 5.97 Å². The van der Waals surface area contributed by atoms with E-state index in [9.17, 15) is 18.3 Å². The van der Waals surface area contributed by atoms with Crippen LogP contribution in [0.25, 0.3) is 33.3 Å². The van der Waals surface area contributed by atoms with Crippen molar-refractivity contribution in [2.45, 2.75) is 44.6 Å². The lowest BCUT2D eigenvalue weighted by atomic mass is 10.1. The van der Waals surface area contributed by atoms with Crippen LogP contribution in [0.15, 0.2) is 50.2 Å². The number of hydrogen-bond donors (Lipinski definition) is 2. The van der Waals surface area contributed by atoms with E-state index in [1.807, 2.05) is 19.9 Å². The minimum Gasteiger partial charge on any atom is -0.480 e. The minimum atomic E-state index is -4.06. The summed E-state index contributed by atoms with van der Waals surface area (Å²) in [5.41, 5.74) is 1.69. The first-order valence-corrected chi connectivity index (χ1v) is 11.6. The predicted molar refractivity (Wildman–Crippen MR) is 118 cm³/mol. The van der Waals surface area contributed by atoms with Crippen molar-refractivity contribution in [3.05, 3.63) is 42.3 Å². The van der Waals surface area contributed by atoms with Crippen LogP contribution in [0.1, 0.15) is 39.5 Å². The molecule has 2 aromatic carbocycles. The van der Waals surface area contributed by atoms with Crippen molar-refractivity contribution < 1.29 is 27.3 Å². The van der Waals surface area contributed by atoms with Gasteiger partial charge < -0.3 is 14.0 Å². The molecule has 2 heterocycles. The SMILES string of the molecule is CC(C)c1nc(-c2ccc3oc4cc(S(=O)(=O)N[C@H](C(=O)O)C(C)C)ccc4c3c2)no1. The summed E-state index contributed by atoms with van der Waals surface area (Å²) in [7, 11) is -4.06. The first-order valence-electron chi connectivity index (χ1n) is 10.1. The lowest BCUT2D eigenvalue weighted by Crippen LogP contribution is -2.44. The molecule has 10 heteroatoms. The van der Waals surface area contributed by atoms with E-state index < -0.39 is 28.0 Å². The maximum absolute atomic E-state index is 12.8. The fourth-order valence-corrected chi connectivity index (χ4v) is 4.71. The third-order valence-corrected chi connectivity index (χ3v) is 6.60. The lowest BCUT2D eigenvalue weighted by Gasteiger charge is -2.17. The number of furan rings is 1. The Hall–Kier alpha value is -3.24. The average molecular weight is 458 g/mol. The van der Waals surface area contributed by atoms with Crippen LogP contribution in [-0.2, 0) is 14.8 Å². The second kappa shape index (κ2) is 8.03. The van der Waals surface area contributed by atoms with Gasteiger partial charge in [-0.25, -0.2) is 8.42 Å². The van der Waals surface area contributed by atoms with Crippen molar-refractivity contribution >= 4 is 37.9 Å². The van der Waals surface area contributed by atoms with Crippen molar-refractivity contribution in [1.29, 1.82) is 0 Å². The summed E-state index contributed by atoms with van der Waals surface area (Å²) >= 11 is 0. The number of carbonyl (C=O) groups is 1. The highest BCUT2D eigenvalue weighted by Crippen LogP contribution is 2.33. The quantitative estimate of drug-likeness (QED) is 0.422. The molecule has 0 fully saturated rings. The monoisotopic (exact) mass is 457 g/mol. The van der Waals surface area contributed by atoms with Gasteiger partial charge in [0.15, 0.2) is 0 Å². The number of rotatable bonds is 7. The maximum atomic E-state index is 12.8. The normalized spacial score (nSPS) is 13.4. The van der Waals surface area contributed by atoms with Gasteiger partial charge in [-0.1, -0.05) is 32.9 Å². The van der Waals surface area contributed by atoms with E-state index in [2.05, 4.69) is 14.9 Å². The third-order valence-electron chi connectivity index (χ3n) is 5.16. The van der Waals surface area contributed by atoms with Crippen LogP contribution in [0.2, 0.25) is 0 Å². The largest absolute Gasteiger partial charge is 0.480 e. The van der Waals surface area contributed by atoms with Gasteiger partial charge in [-0.3, -0.25) is 4.79 Å². The van der Waals surface area contributed by atoms with Crippen LogP contribution in [0.3, 0.4) is 0 Å².